The van der Waals surface area contributed by atoms with Gasteiger partial charge >= 0.3 is 0 Å². The van der Waals surface area contributed by atoms with E-state index in [0.717, 1.165) is 48.5 Å². The molecule has 0 bridgehead atoms. The molecule has 0 saturated carbocycles. The lowest BCUT2D eigenvalue weighted by atomic mass is 10.00. The molecule has 0 aromatic carbocycles. The highest BCUT2D eigenvalue weighted by atomic mass is 32.1. The largest absolute Gasteiger partial charge is 0.381 e. The predicted molar refractivity (Wildman–Crippen MR) is 91.6 cm³/mol. The second-order valence-electron chi connectivity index (χ2n) is 5.69. The van der Waals surface area contributed by atoms with Gasteiger partial charge < -0.3 is 10.1 Å². The summed E-state index contributed by atoms with van der Waals surface area (Å²) in [5, 5.41) is 8.52. The van der Waals surface area contributed by atoms with Crippen LogP contribution in [0, 0.1) is 0 Å². The van der Waals surface area contributed by atoms with Crippen LogP contribution in [0.2, 0.25) is 0 Å². The van der Waals surface area contributed by atoms with Crippen LogP contribution in [0.4, 0.5) is 10.9 Å². The van der Waals surface area contributed by atoms with Crippen LogP contribution in [0.5, 0.6) is 0 Å². The van der Waals surface area contributed by atoms with Crippen LogP contribution in [0.1, 0.15) is 30.3 Å². The van der Waals surface area contributed by atoms with Gasteiger partial charge in [-0.15, -0.1) is 0 Å². The Morgan fingerprint density at radius 2 is 2.17 bits per heavy atom. The quantitative estimate of drug-likeness (QED) is 0.768. The Kier molecular flexibility index (Phi) is 4.48. The second-order valence-corrected chi connectivity index (χ2v) is 6.44. The highest BCUT2D eigenvalue weighted by Gasteiger charge is 2.20. The molecule has 3 aromatic heterocycles. The van der Waals surface area contributed by atoms with Crippen LogP contribution in [-0.2, 0) is 11.3 Å². The van der Waals surface area contributed by atoms with E-state index in [4.69, 9.17) is 4.74 Å². The fraction of sp³-hybridized carbons (Fsp3) is 0.375. The molecule has 24 heavy (non-hydrogen) atoms. The summed E-state index contributed by atoms with van der Waals surface area (Å²) in [7, 11) is 0. The first-order valence-electron chi connectivity index (χ1n) is 7.98. The van der Waals surface area contributed by atoms with E-state index in [0.29, 0.717) is 12.5 Å². The van der Waals surface area contributed by atoms with Gasteiger partial charge in [-0.05, 0) is 25.0 Å². The molecule has 0 unspecified atom stereocenters. The van der Waals surface area contributed by atoms with Crippen LogP contribution in [0.3, 0.4) is 0 Å². The van der Waals surface area contributed by atoms with Crippen molar-refractivity contribution < 1.29 is 4.74 Å². The van der Waals surface area contributed by atoms with Crippen molar-refractivity contribution >= 4 is 22.5 Å². The van der Waals surface area contributed by atoms with Crippen molar-refractivity contribution in [1.29, 1.82) is 0 Å². The van der Waals surface area contributed by atoms with E-state index in [2.05, 4.69) is 24.8 Å². The number of rotatable bonds is 5. The highest BCUT2D eigenvalue weighted by molar-refractivity contribution is 7.09. The van der Waals surface area contributed by atoms with E-state index in [1.807, 2.05) is 35.1 Å². The van der Waals surface area contributed by atoms with Crippen molar-refractivity contribution in [2.75, 3.05) is 18.5 Å². The summed E-state index contributed by atoms with van der Waals surface area (Å²) in [6.07, 6.45) is 5.71. The Labute approximate surface area is 143 Å². The van der Waals surface area contributed by atoms with Crippen LogP contribution >= 0.6 is 11.5 Å². The fourth-order valence-electron chi connectivity index (χ4n) is 2.69. The third-order valence-corrected chi connectivity index (χ3v) is 4.60. The predicted octanol–water partition coefficient (Wildman–Crippen LogP) is 2.82. The molecule has 1 aliphatic rings. The lowest BCUT2D eigenvalue weighted by Gasteiger charge is -2.18. The van der Waals surface area contributed by atoms with E-state index in [1.54, 1.807) is 6.20 Å². The summed E-state index contributed by atoms with van der Waals surface area (Å²) in [5.41, 5.74) is 0.977. The minimum atomic E-state index is 0.410. The number of ether oxygens (including phenoxy) is 1. The number of hydrogen-bond donors (Lipinski definition) is 1. The number of hydrogen-bond acceptors (Lipinski definition) is 7. The summed E-state index contributed by atoms with van der Waals surface area (Å²) in [6, 6.07) is 7.80. The number of aromatic nitrogens is 5. The minimum absolute atomic E-state index is 0.410. The van der Waals surface area contributed by atoms with E-state index in [9.17, 15) is 0 Å². The van der Waals surface area contributed by atoms with E-state index >= 15 is 0 Å². The fourth-order valence-corrected chi connectivity index (χ4v) is 3.35. The zero-order valence-corrected chi connectivity index (χ0v) is 13.9. The monoisotopic (exact) mass is 342 g/mol. The van der Waals surface area contributed by atoms with Gasteiger partial charge in [0.1, 0.15) is 5.82 Å². The summed E-state index contributed by atoms with van der Waals surface area (Å²) >= 11 is 1.38. The molecule has 0 radical (unpaired) electrons. The second kappa shape index (κ2) is 7.06. The van der Waals surface area contributed by atoms with Gasteiger partial charge in [0.25, 0.3) is 0 Å². The molecule has 4 heterocycles. The SMILES string of the molecule is c1ccc(Cn2ccc(Nc3nc(C4CCOCC4)ns3)n2)nc1. The first kappa shape index (κ1) is 15.2. The highest BCUT2D eigenvalue weighted by Crippen LogP contribution is 2.27. The molecule has 0 amide bonds. The number of nitrogens with zero attached hydrogens (tertiary/aromatic N) is 5. The van der Waals surface area contributed by atoms with Crippen LogP contribution in [0.15, 0.2) is 36.7 Å². The average Bonchev–Trinajstić information content (AvgIpc) is 3.27. The third kappa shape index (κ3) is 3.60. The molecule has 4 rings (SSSR count). The van der Waals surface area contributed by atoms with Crippen molar-refractivity contribution in [2.45, 2.75) is 25.3 Å². The molecule has 0 spiro atoms. The molecular formula is C16H18N6OS. The zero-order chi connectivity index (χ0) is 16.2. The van der Waals surface area contributed by atoms with Crippen molar-refractivity contribution in [3.05, 3.63) is 48.2 Å². The van der Waals surface area contributed by atoms with Crippen molar-refractivity contribution in [3.8, 4) is 0 Å². The molecule has 1 N–H and O–H groups in total. The molecule has 1 aliphatic heterocycles. The van der Waals surface area contributed by atoms with Gasteiger partial charge in [0, 0.05) is 49.1 Å². The Hall–Kier alpha value is -2.32. The Bertz CT molecular complexity index is 781. The Morgan fingerprint density at radius 1 is 1.25 bits per heavy atom. The average molecular weight is 342 g/mol. The van der Waals surface area contributed by atoms with Gasteiger partial charge in [-0.3, -0.25) is 9.67 Å². The van der Waals surface area contributed by atoms with Gasteiger partial charge in [-0.1, -0.05) is 6.07 Å². The molecule has 1 fully saturated rings. The Morgan fingerprint density at radius 3 is 3.00 bits per heavy atom. The van der Waals surface area contributed by atoms with Gasteiger partial charge in [0.15, 0.2) is 5.82 Å². The topological polar surface area (TPSA) is 77.8 Å². The number of pyridine rings is 1. The summed E-state index contributed by atoms with van der Waals surface area (Å²) < 4.78 is 11.7. The van der Waals surface area contributed by atoms with E-state index in [-0.39, 0.29) is 0 Å². The van der Waals surface area contributed by atoms with Crippen LogP contribution in [-0.4, -0.2) is 37.3 Å². The van der Waals surface area contributed by atoms with Gasteiger partial charge in [0.2, 0.25) is 5.13 Å². The molecule has 124 valence electrons. The maximum atomic E-state index is 5.39. The van der Waals surface area contributed by atoms with Crippen LogP contribution < -0.4 is 5.32 Å². The standard InChI is InChI=1S/C16H18N6OS/c1-2-7-17-13(3-1)11-22-8-4-14(20-22)18-16-19-15(21-24-16)12-5-9-23-10-6-12/h1-4,7-8,12H,5-6,9-11H2,(H,18,19,20,21). The van der Waals surface area contributed by atoms with E-state index < -0.39 is 0 Å². The van der Waals surface area contributed by atoms with Crippen molar-refractivity contribution in [2.24, 2.45) is 0 Å². The van der Waals surface area contributed by atoms with Crippen molar-refractivity contribution in [3.63, 3.8) is 0 Å². The van der Waals surface area contributed by atoms with Crippen LogP contribution in [0.25, 0.3) is 0 Å². The van der Waals surface area contributed by atoms with Gasteiger partial charge in [-0.2, -0.15) is 9.47 Å². The summed E-state index contributed by atoms with van der Waals surface area (Å²) in [6.45, 7) is 2.24. The normalized spacial score (nSPS) is 15.5. The van der Waals surface area contributed by atoms with Gasteiger partial charge in [0.05, 0.1) is 12.2 Å². The summed E-state index contributed by atoms with van der Waals surface area (Å²) in [5.74, 6) is 2.09. The molecule has 1 saturated heterocycles. The number of nitrogens with one attached hydrogen (secondary N) is 1. The first-order chi connectivity index (χ1) is 11.9. The molecule has 0 atom stereocenters. The Balaban J connectivity index is 1.40. The molecular weight excluding hydrogens is 324 g/mol. The summed E-state index contributed by atoms with van der Waals surface area (Å²) in [4.78, 5) is 8.91. The molecule has 0 aliphatic carbocycles. The van der Waals surface area contributed by atoms with Gasteiger partial charge in [-0.25, -0.2) is 4.98 Å². The molecule has 3 aromatic rings. The molecule has 8 heteroatoms. The van der Waals surface area contributed by atoms with E-state index in [1.165, 1.54) is 11.5 Å². The van der Waals surface area contributed by atoms with Crippen molar-refractivity contribution in [1.82, 2.24) is 24.1 Å². The molecule has 7 nitrogen and oxygen atoms in total. The maximum Gasteiger partial charge on any atom is 0.208 e. The third-order valence-electron chi connectivity index (χ3n) is 3.95. The minimum Gasteiger partial charge on any atom is -0.381 e. The maximum absolute atomic E-state index is 5.39. The zero-order valence-electron chi connectivity index (χ0n) is 13.1. The first-order valence-corrected chi connectivity index (χ1v) is 8.76. The smallest absolute Gasteiger partial charge is 0.208 e. The lowest BCUT2D eigenvalue weighted by molar-refractivity contribution is 0.0838. The lowest BCUT2D eigenvalue weighted by Crippen LogP contribution is -2.15. The number of anilines is 2.